The molecule has 268 valence electrons. The number of aromatic nitrogens is 1. The van der Waals surface area contributed by atoms with Gasteiger partial charge in [-0.3, -0.25) is 28.8 Å². The van der Waals surface area contributed by atoms with Crippen LogP contribution in [-0.4, -0.2) is 79.8 Å². The molecular formula is C37H52IN5O6. The molecule has 2 aliphatic heterocycles. The van der Waals surface area contributed by atoms with Gasteiger partial charge in [-0.2, -0.15) is 0 Å². The van der Waals surface area contributed by atoms with E-state index in [1.807, 2.05) is 49.6 Å². The number of hydrogen-bond acceptors (Lipinski definition) is 6. The Bertz CT molecular complexity index is 1510. The quantitative estimate of drug-likeness (QED) is 0.0773. The Morgan fingerprint density at radius 1 is 0.918 bits per heavy atom. The second kappa shape index (κ2) is 18.6. The molecule has 49 heavy (non-hydrogen) atoms. The summed E-state index contributed by atoms with van der Waals surface area (Å²) in [7, 11) is 0. The molecule has 2 aromatic rings. The van der Waals surface area contributed by atoms with Gasteiger partial charge in [-0.15, -0.1) is 0 Å². The number of benzene rings is 1. The summed E-state index contributed by atoms with van der Waals surface area (Å²) in [5.41, 5.74) is 1.16. The fraction of sp³-hybridized carbons (Fsp3) is 0.622. The van der Waals surface area contributed by atoms with Gasteiger partial charge in [-0.1, -0.05) is 80.8 Å². The molecule has 2 saturated heterocycles. The second-order valence-corrected chi connectivity index (χ2v) is 14.5. The van der Waals surface area contributed by atoms with Crippen molar-refractivity contribution in [2.45, 2.75) is 129 Å². The Kier molecular flexibility index (Phi) is 14.6. The van der Waals surface area contributed by atoms with Crippen LogP contribution in [0.25, 0.3) is 10.9 Å². The molecule has 2 unspecified atom stereocenters. The van der Waals surface area contributed by atoms with Crippen molar-refractivity contribution in [1.29, 1.82) is 0 Å². The van der Waals surface area contributed by atoms with Crippen LogP contribution in [0.15, 0.2) is 30.5 Å². The molecule has 1 aromatic heterocycles. The van der Waals surface area contributed by atoms with E-state index >= 15 is 0 Å². The fourth-order valence-electron chi connectivity index (χ4n) is 6.78. The average molecular weight is 790 g/mol. The zero-order chi connectivity index (χ0) is 35.5. The molecule has 3 N–H and O–H groups in total. The van der Waals surface area contributed by atoms with E-state index in [0.29, 0.717) is 69.0 Å². The highest BCUT2D eigenvalue weighted by Gasteiger charge is 2.42. The molecule has 4 amide bonds. The van der Waals surface area contributed by atoms with E-state index in [-0.39, 0.29) is 24.0 Å². The van der Waals surface area contributed by atoms with E-state index in [2.05, 4.69) is 38.5 Å². The SMILES string of the molecule is CCC(=O)CCCCC[C@@H]1NC(=O)C2CCCCN2C(=O)[C@H](C(C)CC)NC(=O)[C@H](C(=O)c2cn(CCCCI)c3ccccc23)NC1=O. The summed E-state index contributed by atoms with van der Waals surface area (Å²) in [4.78, 5) is 84.0. The van der Waals surface area contributed by atoms with Crippen LogP contribution in [0, 0.1) is 5.92 Å². The lowest BCUT2D eigenvalue weighted by Crippen LogP contribution is -2.65. The lowest BCUT2D eigenvalue weighted by atomic mass is 9.93. The zero-order valence-electron chi connectivity index (χ0n) is 29.1. The molecule has 1 aromatic carbocycles. The minimum Gasteiger partial charge on any atom is -0.347 e. The number of carbonyl (C=O) groups excluding carboxylic acids is 6. The lowest BCUT2D eigenvalue weighted by molar-refractivity contribution is -0.147. The van der Waals surface area contributed by atoms with Crippen LogP contribution in [0.5, 0.6) is 0 Å². The van der Waals surface area contributed by atoms with Crippen LogP contribution in [0.4, 0.5) is 0 Å². The van der Waals surface area contributed by atoms with Crippen molar-refractivity contribution in [3.63, 3.8) is 0 Å². The molecule has 11 nitrogen and oxygen atoms in total. The van der Waals surface area contributed by atoms with Crippen LogP contribution in [0.2, 0.25) is 0 Å². The second-order valence-electron chi connectivity index (χ2n) is 13.4. The smallest absolute Gasteiger partial charge is 0.251 e. The predicted molar refractivity (Wildman–Crippen MR) is 197 cm³/mol. The molecule has 12 heteroatoms. The fourth-order valence-corrected chi connectivity index (χ4v) is 7.32. The van der Waals surface area contributed by atoms with Gasteiger partial charge < -0.3 is 25.4 Å². The van der Waals surface area contributed by atoms with E-state index in [4.69, 9.17) is 0 Å². The largest absolute Gasteiger partial charge is 0.347 e. The third kappa shape index (κ3) is 9.70. The van der Waals surface area contributed by atoms with Gasteiger partial charge in [0.15, 0.2) is 11.8 Å². The molecule has 0 spiro atoms. The molecule has 0 saturated carbocycles. The first-order chi connectivity index (χ1) is 23.6. The van der Waals surface area contributed by atoms with Crippen molar-refractivity contribution in [3.05, 3.63) is 36.0 Å². The number of halogens is 1. The van der Waals surface area contributed by atoms with Gasteiger partial charge in [0.1, 0.15) is 23.9 Å². The number of hydrogen-bond donors (Lipinski definition) is 3. The number of Topliss-reactive ketones (excluding diaryl/α,β-unsaturated/α-hetero) is 2. The van der Waals surface area contributed by atoms with Crippen molar-refractivity contribution < 1.29 is 28.8 Å². The zero-order valence-corrected chi connectivity index (χ0v) is 31.3. The van der Waals surface area contributed by atoms with Gasteiger partial charge in [0.25, 0.3) is 5.91 Å². The monoisotopic (exact) mass is 789 g/mol. The average Bonchev–Trinajstić information content (AvgIpc) is 3.49. The number of rotatable bonds is 15. The van der Waals surface area contributed by atoms with E-state index in [1.54, 1.807) is 11.1 Å². The van der Waals surface area contributed by atoms with Gasteiger partial charge in [0.2, 0.25) is 17.7 Å². The lowest BCUT2D eigenvalue weighted by Gasteiger charge is -2.39. The first kappa shape index (κ1) is 38.5. The number of unbranched alkanes of at least 4 members (excludes halogenated alkanes) is 3. The highest BCUT2D eigenvalue weighted by Crippen LogP contribution is 2.25. The number of alkyl halides is 1. The van der Waals surface area contributed by atoms with Gasteiger partial charge >= 0.3 is 0 Å². The summed E-state index contributed by atoms with van der Waals surface area (Å²) in [5, 5.41) is 9.13. The Morgan fingerprint density at radius 3 is 2.43 bits per heavy atom. The van der Waals surface area contributed by atoms with Crippen LogP contribution >= 0.6 is 22.6 Å². The Hall–Kier alpha value is -3.29. The molecule has 5 atom stereocenters. The number of fused-ring (bicyclic) bond motifs is 2. The summed E-state index contributed by atoms with van der Waals surface area (Å²) in [6, 6.07) is 3.10. The molecule has 0 bridgehead atoms. The number of carbonyl (C=O) groups is 6. The number of para-hydroxylation sites is 1. The van der Waals surface area contributed by atoms with Crippen LogP contribution in [0.1, 0.15) is 108 Å². The van der Waals surface area contributed by atoms with E-state index < -0.39 is 47.7 Å². The van der Waals surface area contributed by atoms with E-state index in [1.165, 1.54) is 0 Å². The number of nitrogens with one attached hydrogen (secondary N) is 3. The molecule has 2 aliphatic rings. The van der Waals surface area contributed by atoms with E-state index in [0.717, 1.165) is 35.6 Å². The maximum absolute atomic E-state index is 14.4. The van der Waals surface area contributed by atoms with Gasteiger partial charge in [0.05, 0.1) is 0 Å². The number of piperidine rings is 1. The Morgan fingerprint density at radius 2 is 1.69 bits per heavy atom. The highest BCUT2D eigenvalue weighted by molar-refractivity contribution is 14.1. The van der Waals surface area contributed by atoms with Crippen molar-refractivity contribution in [3.8, 4) is 0 Å². The first-order valence-corrected chi connectivity index (χ1v) is 19.5. The maximum Gasteiger partial charge on any atom is 0.251 e. The molecule has 0 aliphatic carbocycles. The molecule has 3 heterocycles. The predicted octanol–water partition coefficient (Wildman–Crippen LogP) is 4.86. The normalized spacial score (nSPS) is 22.7. The third-order valence-electron chi connectivity index (χ3n) is 9.99. The number of ketones is 2. The molecule has 4 rings (SSSR count). The number of aryl methyl sites for hydroxylation is 1. The minimum absolute atomic E-state index is 0.175. The summed E-state index contributed by atoms with van der Waals surface area (Å²) in [5.74, 6) is -2.85. The Labute approximate surface area is 303 Å². The van der Waals surface area contributed by atoms with Crippen LogP contribution in [-0.2, 0) is 30.5 Å². The Balaban J connectivity index is 1.71. The van der Waals surface area contributed by atoms with E-state index in [9.17, 15) is 28.8 Å². The number of amides is 4. The molecule has 2 fully saturated rings. The highest BCUT2D eigenvalue weighted by atomic mass is 127. The summed E-state index contributed by atoms with van der Waals surface area (Å²) in [6.07, 6.45) is 9.28. The summed E-state index contributed by atoms with van der Waals surface area (Å²) in [6.45, 7) is 6.66. The maximum atomic E-state index is 14.4. The standard InChI is InChI=1S/C37H52IN5O6/c1-4-24(3)31-37(49)43-22-13-11-19-30(43)35(47)39-28(17-8-6-7-15-25(44)5-2)34(46)41-32(36(48)40-31)33(45)27-23-42(21-14-12-20-38)29-18-10-9-16-26(27)29/h9-10,16,18,23-24,28,30-32H,4-8,11-15,17,19-22H2,1-3H3,(H,39,47)(H,40,48)(H,41,46)/t24?,28-,30?,31-,32-/m0/s1. The number of nitrogens with zero attached hydrogens (tertiary/aromatic N) is 2. The van der Waals surface area contributed by atoms with Crippen molar-refractivity contribution in [1.82, 2.24) is 25.4 Å². The molecular weight excluding hydrogens is 737 g/mol. The topological polar surface area (TPSA) is 147 Å². The van der Waals surface area contributed by atoms with Crippen molar-refractivity contribution in [2.24, 2.45) is 5.92 Å². The van der Waals surface area contributed by atoms with Crippen molar-refractivity contribution >= 4 is 68.7 Å². The molecule has 0 radical (unpaired) electrons. The first-order valence-electron chi connectivity index (χ1n) is 18.0. The van der Waals surface area contributed by atoms with Crippen LogP contribution < -0.4 is 16.0 Å². The van der Waals surface area contributed by atoms with Gasteiger partial charge in [-0.05, 0) is 61.4 Å². The van der Waals surface area contributed by atoms with Crippen molar-refractivity contribution in [2.75, 3.05) is 11.0 Å². The van der Waals surface area contributed by atoms with Gasteiger partial charge in [0, 0.05) is 48.6 Å². The minimum atomic E-state index is -1.63. The third-order valence-corrected chi connectivity index (χ3v) is 10.8. The van der Waals surface area contributed by atoms with Gasteiger partial charge in [-0.25, -0.2) is 0 Å². The summed E-state index contributed by atoms with van der Waals surface area (Å²) >= 11 is 2.34. The summed E-state index contributed by atoms with van der Waals surface area (Å²) < 4.78 is 3.03. The van der Waals surface area contributed by atoms with Crippen LogP contribution in [0.3, 0.4) is 0 Å².